The van der Waals surface area contributed by atoms with E-state index in [9.17, 15) is 4.79 Å². The first-order chi connectivity index (χ1) is 12.6. The molecule has 3 rings (SSSR count). The standard InChI is InChI=1S/C20H23N5O/c1-15(2)18(19-24-23-17-12-6-7-14-25(17)19)22-20(26)21-13-8-11-16-9-4-3-5-10-16/h3-12,14-15,18H,13H2,1-2H3,(H2,21,22,26)/b11-8-/t18-/m1/s1. The van der Waals surface area contributed by atoms with Gasteiger partial charge >= 0.3 is 6.03 Å². The number of carbonyl (C=O) groups excluding carboxylic acids is 1. The van der Waals surface area contributed by atoms with Gasteiger partial charge in [-0.25, -0.2) is 4.79 Å². The summed E-state index contributed by atoms with van der Waals surface area (Å²) in [6.45, 7) is 4.54. The lowest BCUT2D eigenvalue weighted by Crippen LogP contribution is -2.40. The van der Waals surface area contributed by atoms with Gasteiger partial charge in [0.05, 0.1) is 6.04 Å². The summed E-state index contributed by atoms with van der Waals surface area (Å²) in [6, 6.07) is 15.2. The number of nitrogens with zero attached hydrogens (tertiary/aromatic N) is 3. The molecule has 0 aliphatic carbocycles. The molecule has 2 amide bonds. The molecule has 26 heavy (non-hydrogen) atoms. The van der Waals surface area contributed by atoms with Crippen molar-refractivity contribution in [2.24, 2.45) is 5.92 Å². The second-order valence-corrected chi connectivity index (χ2v) is 6.38. The summed E-state index contributed by atoms with van der Waals surface area (Å²) in [7, 11) is 0. The van der Waals surface area contributed by atoms with Crippen LogP contribution in [0.1, 0.15) is 31.3 Å². The number of nitrogens with one attached hydrogen (secondary N) is 2. The van der Waals surface area contributed by atoms with Crippen LogP contribution in [0.2, 0.25) is 0 Å². The lowest BCUT2D eigenvalue weighted by Gasteiger charge is -2.21. The maximum Gasteiger partial charge on any atom is 0.315 e. The molecule has 0 spiro atoms. The van der Waals surface area contributed by atoms with Gasteiger partial charge in [-0.1, -0.05) is 62.4 Å². The van der Waals surface area contributed by atoms with Crippen LogP contribution in [0, 0.1) is 5.92 Å². The van der Waals surface area contributed by atoms with E-state index in [1.54, 1.807) is 0 Å². The van der Waals surface area contributed by atoms with Crippen molar-refractivity contribution >= 4 is 17.8 Å². The zero-order chi connectivity index (χ0) is 18.4. The maximum atomic E-state index is 12.3. The van der Waals surface area contributed by atoms with Gasteiger partial charge in [-0.2, -0.15) is 0 Å². The van der Waals surface area contributed by atoms with Crippen molar-refractivity contribution < 1.29 is 4.79 Å². The quantitative estimate of drug-likeness (QED) is 0.716. The molecule has 0 saturated heterocycles. The smallest absolute Gasteiger partial charge is 0.315 e. The van der Waals surface area contributed by atoms with E-state index in [2.05, 4.69) is 20.8 Å². The number of aromatic nitrogens is 3. The molecule has 6 nitrogen and oxygen atoms in total. The third-order valence-corrected chi connectivity index (χ3v) is 4.06. The molecule has 2 heterocycles. The van der Waals surface area contributed by atoms with E-state index >= 15 is 0 Å². The highest BCUT2D eigenvalue weighted by Gasteiger charge is 2.23. The van der Waals surface area contributed by atoms with Crippen LogP contribution in [0.5, 0.6) is 0 Å². The van der Waals surface area contributed by atoms with Gasteiger partial charge in [-0.15, -0.1) is 10.2 Å². The van der Waals surface area contributed by atoms with Gasteiger partial charge in [-0.05, 0) is 23.6 Å². The minimum absolute atomic E-state index is 0.174. The Hall–Kier alpha value is -3.15. The molecule has 134 valence electrons. The molecule has 1 atom stereocenters. The van der Waals surface area contributed by atoms with E-state index in [1.165, 1.54) is 0 Å². The molecule has 2 N–H and O–H groups in total. The van der Waals surface area contributed by atoms with Crippen LogP contribution in [-0.4, -0.2) is 27.2 Å². The van der Waals surface area contributed by atoms with Gasteiger partial charge in [0.1, 0.15) is 0 Å². The molecule has 0 aliphatic rings. The van der Waals surface area contributed by atoms with Crippen LogP contribution in [0.3, 0.4) is 0 Å². The van der Waals surface area contributed by atoms with Crippen molar-refractivity contribution in [3.8, 4) is 0 Å². The Labute approximate surface area is 153 Å². The fourth-order valence-corrected chi connectivity index (χ4v) is 2.70. The Morgan fingerprint density at radius 2 is 1.88 bits per heavy atom. The summed E-state index contributed by atoms with van der Waals surface area (Å²) in [5.74, 6) is 0.902. The molecular weight excluding hydrogens is 326 g/mol. The summed E-state index contributed by atoms with van der Waals surface area (Å²) in [5.41, 5.74) is 1.87. The summed E-state index contributed by atoms with van der Waals surface area (Å²) >= 11 is 0. The minimum Gasteiger partial charge on any atom is -0.335 e. The first-order valence-corrected chi connectivity index (χ1v) is 8.71. The van der Waals surface area contributed by atoms with Crippen LogP contribution >= 0.6 is 0 Å². The largest absolute Gasteiger partial charge is 0.335 e. The normalized spacial score (nSPS) is 12.6. The molecule has 6 heteroatoms. The molecule has 2 aromatic heterocycles. The molecular formula is C20H23N5O. The second-order valence-electron chi connectivity index (χ2n) is 6.38. The Balaban J connectivity index is 1.61. The van der Waals surface area contributed by atoms with E-state index in [4.69, 9.17) is 0 Å². The number of rotatable bonds is 6. The highest BCUT2D eigenvalue weighted by Crippen LogP contribution is 2.20. The Morgan fingerprint density at radius 3 is 2.65 bits per heavy atom. The summed E-state index contributed by atoms with van der Waals surface area (Å²) < 4.78 is 1.90. The molecule has 0 unspecified atom stereocenters. The molecule has 0 bridgehead atoms. The second kappa shape index (κ2) is 8.29. The number of hydrogen-bond donors (Lipinski definition) is 2. The number of fused-ring (bicyclic) bond motifs is 1. The van der Waals surface area contributed by atoms with Gasteiger partial charge in [-0.3, -0.25) is 4.40 Å². The number of hydrogen-bond acceptors (Lipinski definition) is 3. The topological polar surface area (TPSA) is 71.3 Å². The van der Waals surface area contributed by atoms with E-state index in [0.29, 0.717) is 6.54 Å². The lowest BCUT2D eigenvalue weighted by molar-refractivity contribution is 0.233. The van der Waals surface area contributed by atoms with E-state index in [0.717, 1.165) is 17.0 Å². The number of benzene rings is 1. The van der Waals surface area contributed by atoms with Crippen LogP contribution in [-0.2, 0) is 0 Å². The number of amides is 2. The van der Waals surface area contributed by atoms with Gasteiger partial charge < -0.3 is 10.6 Å². The third kappa shape index (κ3) is 4.27. The SMILES string of the molecule is CC(C)[C@@H](NC(=O)NC/C=C\c1ccccc1)c1nnc2ccccn12. The molecule has 1 aromatic carbocycles. The fraction of sp³-hybridized carbons (Fsp3) is 0.250. The zero-order valence-corrected chi connectivity index (χ0v) is 15.0. The zero-order valence-electron chi connectivity index (χ0n) is 15.0. The van der Waals surface area contributed by atoms with E-state index in [1.807, 2.05) is 85.1 Å². The third-order valence-electron chi connectivity index (χ3n) is 4.06. The average molecular weight is 349 g/mol. The Kier molecular flexibility index (Phi) is 5.63. The predicted octanol–water partition coefficient (Wildman–Crippen LogP) is 3.44. The fourth-order valence-electron chi connectivity index (χ4n) is 2.70. The summed E-state index contributed by atoms with van der Waals surface area (Å²) in [5, 5.41) is 14.3. The molecule has 0 fully saturated rings. The summed E-state index contributed by atoms with van der Waals surface area (Å²) in [4.78, 5) is 12.3. The van der Waals surface area contributed by atoms with Crippen LogP contribution in [0.15, 0.2) is 60.8 Å². The number of urea groups is 1. The monoisotopic (exact) mass is 349 g/mol. The maximum absolute atomic E-state index is 12.3. The highest BCUT2D eigenvalue weighted by molar-refractivity contribution is 5.74. The highest BCUT2D eigenvalue weighted by atomic mass is 16.2. The molecule has 3 aromatic rings. The van der Waals surface area contributed by atoms with Crippen molar-refractivity contribution in [1.29, 1.82) is 0 Å². The lowest BCUT2D eigenvalue weighted by atomic mass is 10.0. The Bertz CT molecular complexity index is 885. The van der Waals surface area contributed by atoms with Gasteiger partial charge in [0.2, 0.25) is 0 Å². The van der Waals surface area contributed by atoms with Crippen molar-refractivity contribution in [2.75, 3.05) is 6.54 Å². The Morgan fingerprint density at radius 1 is 1.12 bits per heavy atom. The van der Waals surface area contributed by atoms with Crippen LogP contribution in [0.25, 0.3) is 11.7 Å². The van der Waals surface area contributed by atoms with Gasteiger partial charge in [0.25, 0.3) is 0 Å². The van der Waals surface area contributed by atoms with E-state index < -0.39 is 0 Å². The first-order valence-electron chi connectivity index (χ1n) is 8.71. The van der Waals surface area contributed by atoms with Crippen molar-refractivity contribution in [3.05, 3.63) is 72.2 Å². The van der Waals surface area contributed by atoms with Crippen molar-refractivity contribution in [1.82, 2.24) is 25.2 Å². The minimum atomic E-state index is -0.231. The molecule has 0 radical (unpaired) electrons. The van der Waals surface area contributed by atoms with Gasteiger partial charge in [0.15, 0.2) is 11.5 Å². The van der Waals surface area contributed by atoms with Crippen LogP contribution in [0.4, 0.5) is 4.79 Å². The average Bonchev–Trinajstić information content (AvgIpc) is 3.08. The van der Waals surface area contributed by atoms with Gasteiger partial charge in [0, 0.05) is 12.7 Å². The first kappa shape index (κ1) is 17.7. The van der Waals surface area contributed by atoms with Crippen molar-refractivity contribution in [3.63, 3.8) is 0 Å². The number of carbonyl (C=O) groups is 1. The molecule has 0 aliphatic heterocycles. The number of pyridine rings is 1. The van der Waals surface area contributed by atoms with E-state index in [-0.39, 0.29) is 18.0 Å². The molecule has 0 saturated carbocycles. The summed E-state index contributed by atoms with van der Waals surface area (Å²) in [6.07, 6.45) is 5.81. The predicted molar refractivity (Wildman–Crippen MR) is 103 cm³/mol. The van der Waals surface area contributed by atoms with Crippen molar-refractivity contribution in [2.45, 2.75) is 19.9 Å². The van der Waals surface area contributed by atoms with Crippen LogP contribution < -0.4 is 10.6 Å².